The van der Waals surface area contributed by atoms with Crippen LogP contribution in [-0.4, -0.2) is 22.5 Å². The Kier molecular flexibility index (Phi) is 7.31. The van der Waals surface area contributed by atoms with Crippen LogP contribution in [0.25, 0.3) is 0 Å². The van der Waals surface area contributed by atoms with Crippen molar-refractivity contribution in [1.82, 2.24) is 5.32 Å². The number of carbonyl (C=O) groups is 1. The molecule has 1 aromatic rings. The maximum absolute atomic E-state index is 12.8. The predicted octanol–water partition coefficient (Wildman–Crippen LogP) is 3.91. The van der Waals surface area contributed by atoms with Gasteiger partial charge in [-0.25, -0.2) is 5.32 Å². The lowest BCUT2D eigenvalue weighted by molar-refractivity contribution is -0.136. The van der Waals surface area contributed by atoms with Gasteiger partial charge in [0.15, 0.2) is 0 Å². The van der Waals surface area contributed by atoms with E-state index in [9.17, 15) is 22.5 Å². The normalized spacial score (nSPS) is 13.0. The van der Waals surface area contributed by atoms with E-state index in [1.807, 2.05) is 0 Å². The number of hydrogen-bond donors (Lipinski definition) is 1. The highest BCUT2D eigenvalue weighted by molar-refractivity contribution is 7.90. The maximum Gasteiger partial charge on any atom is 0.418 e. The van der Waals surface area contributed by atoms with E-state index in [-0.39, 0.29) is 12.1 Å². The van der Waals surface area contributed by atoms with Gasteiger partial charge in [-0.2, -0.15) is 13.2 Å². The molecule has 0 saturated carbocycles. The zero-order chi connectivity index (χ0) is 17.8. The van der Waals surface area contributed by atoms with E-state index >= 15 is 0 Å². The first-order valence-corrected chi connectivity index (χ1v) is 8.91. The van der Waals surface area contributed by atoms with Crippen LogP contribution in [0.1, 0.15) is 24.8 Å². The van der Waals surface area contributed by atoms with Crippen molar-refractivity contribution in [1.29, 1.82) is 0 Å². The zero-order valence-electron chi connectivity index (χ0n) is 12.0. The van der Waals surface area contributed by atoms with Crippen LogP contribution in [-0.2, 0) is 22.1 Å². The first-order chi connectivity index (χ1) is 10.5. The number of anilines is 1. The van der Waals surface area contributed by atoms with Crippen LogP contribution in [0.5, 0.6) is 0 Å². The van der Waals surface area contributed by atoms with Gasteiger partial charge >= 0.3 is 6.18 Å². The molecule has 0 bridgehead atoms. The first-order valence-electron chi connectivity index (χ1n) is 6.43. The molecule has 0 spiro atoms. The molecule has 2 N–H and O–H groups in total. The molecule has 1 unspecified atom stereocenters. The molecule has 4 nitrogen and oxygen atoms in total. The SMILES string of the molecule is C[S+]([O-])CCCCC(=O)[N]c1c(Cl)cc(C(F)(F)F)c(N)c1Cl. The Morgan fingerprint density at radius 1 is 1.39 bits per heavy atom. The Morgan fingerprint density at radius 2 is 2.00 bits per heavy atom. The lowest BCUT2D eigenvalue weighted by Gasteiger charge is -2.15. The van der Waals surface area contributed by atoms with Gasteiger partial charge in [-0.1, -0.05) is 34.4 Å². The second-order valence-electron chi connectivity index (χ2n) is 4.72. The van der Waals surface area contributed by atoms with E-state index in [1.54, 1.807) is 6.26 Å². The molecule has 0 aromatic heterocycles. The van der Waals surface area contributed by atoms with Gasteiger partial charge in [-0.15, -0.1) is 0 Å². The molecule has 1 radical (unpaired) electrons. The number of amides is 1. The van der Waals surface area contributed by atoms with Crippen molar-refractivity contribution in [3.05, 3.63) is 21.7 Å². The molecule has 0 aliphatic carbocycles. The number of alkyl halides is 3. The van der Waals surface area contributed by atoms with E-state index < -0.39 is 44.6 Å². The average Bonchev–Trinajstić information content (AvgIpc) is 2.42. The zero-order valence-corrected chi connectivity index (χ0v) is 14.4. The van der Waals surface area contributed by atoms with Gasteiger partial charge < -0.3 is 10.3 Å². The molecule has 0 aliphatic heterocycles. The van der Waals surface area contributed by atoms with Gasteiger partial charge in [-0.05, 0) is 18.9 Å². The molecule has 10 heteroatoms. The molecular formula is C13H14Cl2F3N2O2S. The minimum Gasteiger partial charge on any atom is -0.617 e. The minimum atomic E-state index is -4.71. The topological polar surface area (TPSA) is 80.2 Å². The number of hydrogen-bond acceptors (Lipinski definition) is 3. The Bertz CT molecular complexity index is 583. The van der Waals surface area contributed by atoms with Gasteiger partial charge in [0.1, 0.15) is 11.4 Å². The molecule has 1 amide bonds. The smallest absolute Gasteiger partial charge is 0.418 e. The van der Waals surface area contributed by atoms with Crippen LogP contribution >= 0.6 is 23.2 Å². The third-order valence-corrected chi connectivity index (χ3v) is 4.38. The van der Waals surface area contributed by atoms with Crippen LogP contribution in [0.3, 0.4) is 0 Å². The van der Waals surface area contributed by atoms with Gasteiger partial charge in [0, 0.05) is 6.42 Å². The number of nitrogens with zero attached hydrogens (tertiary/aromatic N) is 1. The Morgan fingerprint density at radius 3 is 2.52 bits per heavy atom. The van der Waals surface area contributed by atoms with Crippen LogP contribution in [0, 0.1) is 0 Å². The molecule has 23 heavy (non-hydrogen) atoms. The first kappa shape index (κ1) is 20.2. The average molecular weight is 390 g/mol. The van der Waals surface area contributed by atoms with E-state index in [0.29, 0.717) is 24.7 Å². The van der Waals surface area contributed by atoms with Crippen molar-refractivity contribution in [3.8, 4) is 0 Å². The van der Waals surface area contributed by atoms with Crippen molar-refractivity contribution in [3.63, 3.8) is 0 Å². The summed E-state index contributed by atoms with van der Waals surface area (Å²) in [5, 5.41) is 2.72. The van der Waals surface area contributed by atoms with Gasteiger partial charge in [0.05, 0.1) is 27.6 Å². The summed E-state index contributed by atoms with van der Waals surface area (Å²) in [5.41, 5.74) is 3.18. The Balaban J connectivity index is 2.82. The lowest BCUT2D eigenvalue weighted by Crippen LogP contribution is -2.14. The molecule has 1 rings (SSSR count). The summed E-state index contributed by atoms with van der Waals surface area (Å²) in [6, 6.07) is 0.592. The monoisotopic (exact) mass is 389 g/mol. The summed E-state index contributed by atoms with van der Waals surface area (Å²) < 4.78 is 49.1. The maximum atomic E-state index is 12.8. The fraction of sp³-hybridized carbons (Fsp3) is 0.462. The molecule has 0 heterocycles. The van der Waals surface area contributed by atoms with Crippen molar-refractivity contribution >= 4 is 51.7 Å². The summed E-state index contributed by atoms with van der Waals surface area (Å²) in [5.74, 6) is -0.128. The van der Waals surface area contributed by atoms with E-state index in [1.165, 1.54) is 0 Å². The van der Waals surface area contributed by atoms with Gasteiger partial charge in [0.2, 0.25) is 5.91 Å². The van der Waals surface area contributed by atoms with Crippen molar-refractivity contribution in [2.24, 2.45) is 0 Å². The highest BCUT2D eigenvalue weighted by Gasteiger charge is 2.35. The van der Waals surface area contributed by atoms with Crippen LogP contribution in [0.2, 0.25) is 10.0 Å². The van der Waals surface area contributed by atoms with Gasteiger partial charge in [-0.3, -0.25) is 4.79 Å². The third kappa shape index (κ3) is 5.95. The number of nitrogens with two attached hydrogens (primary N) is 1. The van der Waals surface area contributed by atoms with Crippen LogP contribution in [0.4, 0.5) is 24.5 Å². The van der Waals surface area contributed by atoms with Crippen molar-refractivity contribution in [2.75, 3.05) is 17.7 Å². The van der Waals surface area contributed by atoms with Crippen LogP contribution < -0.4 is 11.1 Å². The van der Waals surface area contributed by atoms with Gasteiger partial charge in [0.25, 0.3) is 0 Å². The lowest BCUT2D eigenvalue weighted by atomic mass is 10.1. The highest BCUT2D eigenvalue weighted by Crippen LogP contribution is 2.44. The fourth-order valence-corrected chi connectivity index (χ4v) is 2.87. The third-order valence-electron chi connectivity index (χ3n) is 2.85. The number of carbonyl (C=O) groups excluding carboxylic acids is 1. The largest absolute Gasteiger partial charge is 0.617 e. The second kappa shape index (κ2) is 8.32. The fourth-order valence-electron chi connectivity index (χ4n) is 1.72. The number of halogens is 5. The molecule has 0 aliphatic rings. The molecule has 1 atom stereocenters. The highest BCUT2D eigenvalue weighted by atomic mass is 35.5. The summed E-state index contributed by atoms with van der Waals surface area (Å²) >= 11 is 10.5. The van der Waals surface area contributed by atoms with E-state index in [2.05, 4.69) is 5.32 Å². The predicted molar refractivity (Wildman–Crippen MR) is 85.5 cm³/mol. The van der Waals surface area contributed by atoms with Crippen LogP contribution in [0.15, 0.2) is 6.07 Å². The Hall–Kier alpha value is -0.830. The quantitative estimate of drug-likeness (QED) is 0.454. The summed E-state index contributed by atoms with van der Waals surface area (Å²) in [6.07, 6.45) is -2.09. The molecule has 0 saturated heterocycles. The van der Waals surface area contributed by atoms with Crippen molar-refractivity contribution in [2.45, 2.75) is 25.4 Å². The van der Waals surface area contributed by atoms with E-state index in [0.717, 1.165) is 0 Å². The second-order valence-corrected chi connectivity index (χ2v) is 7.06. The standard InChI is InChI=1S/C13H14Cl2F3N2O2S/c1-23(22)5-3-2-4-9(21)20-12-8(14)6-7(13(16,17)18)11(19)10(12)15/h6H,2-5,19H2,1H3. The molecule has 129 valence electrons. The number of benzene rings is 1. The van der Waals surface area contributed by atoms with Crippen molar-refractivity contribution < 1.29 is 22.5 Å². The molecule has 1 aromatic carbocycles. The Labute approximate surface area is 144 Å². The van der Waals surface area contributed by atoms with E-state index in [4.69, 9.17) is 28.9 Å². The number of nitrogen functional groups attached to an aromatic ring is 1. The number of rotatable bonds is 6. The summed E-state index contributed by atoms with van der Waals surface area (Å²) in [7, 11) is 0. The summed E-state index contributed by atoms with van der Waals surface area (Å²) in [4.78, 5) is 11.7. The molecular weight excluding hydrogens is 376 g/mol. The number of unbranched alkanes of at least 4 members (excludes halogenated alkanes) is 1. The molecule has 0 fully saturated rings. The summed E-state index contributed by atoms with van der Waals surface area (Å²) in [6.45, 7) is 0. The minimum absolute atomic E-state index is 0.0464.